The van der Waals surface area contributed by atoms with Crippen LogP contribution in [-0.4, -0.2) is 30.6 Å². The summed E-state index contributed by atoms with van der Waals surface area (Å²) >= 11 is 0. The van der Waals surface area contributed by atoms with Crippen molar-refractivity contribution < 1.29 is 14.3 Å². The van der Waals surface area contributed by atoms with Gasteiger partial charge in [-0.25, -0.2) is 0 Å². The lowest BCUT2D eigenvalue weighted by Crippen LogP contribution is -2.47. The fourth-order valence-electron chi connectivity index (χ4n) is 5.07. The summed E-state index contributed by atoms with van der Waals surface area (Å²) < 4.78 is 12.6. The van der Waals surface area contributed by atoms with Crippen molar-refractivity contribution in [2.24, 2.45) is 0 Å². The Morgan fingerprint density at radius 2 is 1.81 bits per heavy atom. The number of hydrogen-bond acceptors (Lipinski definition) is 4. The highest BCUT2D eigenvalue weighted by molar-refractivity contribution is 5.85. The van der Waals surface area contributed by atoms with E-state index in [1.807, 2.05) is 12.1 Å². The van der Waals surface area contributed by atoms with E-state index in [0.29, 0.717) is 0 Å². The molecule has 2 aromatic rings. The van der Waals surface area contributed by atoms with Gasteiger partial charge in [-0.1, -0.05) is 30.3 Å². The molecule has 2 heterocycles. The van der Waals surface area contributed by atoms with Crippen LogP contribution >= 0.6 is 12.4 Å². The van der Waals surface area contributed by atoms with Crippen molar-refractivity contribution in [1.82, 2.24) is 10.6 Å². The van der Waals surface area contributed by atoms with Crippen LogP contribution < -0.4 is 20.1 Å². The van der Waals surface area contributed by atoms with Gasteiger partial charge in [0.15, 0.2) is 0 Å². The number of fused-ring (bicyclic) bond motifs is 1. The van der Waals surface area contributed by atoms with Gasteiger partial charge in [-0.15, -0.1) is 12.4 Å². The number of aryl methyl sites for hydroxylation is 1. The molecule has 5 rings (SSSR count). The maximum Gasteiger partial charge on any atom is 0.237 e. The van der Waals surface area contributed by atoms with E-state index < -0.39 is 0 Å². The highest BCUT2D eigenvalue weighted by Gasteiger charge is 2.28. The summed E-state index contributed by atoms with van der Waals surface area (Å²) in [6.07, 6.45) is 8.31. The van der Waals surface area contributed by atoms with Crippen molar-refractivity contribution in [3.8, 4) is 11.5 Å². The number of ether oxygens (including phenoxy) is 2. The first-order chi connectivity index (χ1) is 15.2. The predicted octanol–water partition coefficient (Wildman–Crippen LogP) is 4.73. The van der Waals surface area contributed by atoms with Gasteiger partial charge in [0.1, 0.15) is 17.6 Å². The van der Waals surface area contributed by atoms with E-state index in [1.165, 1.54) is 11.1 Å². The molecule has 2 atom stereocenters. The molecule has 0 radical (unpaired) electrons. The van der Waals surface area contributed by atoms with Gasteiger partial charge in [-0.3, -0.25) is 4.79 Å². The summed E-state index contributed by atoms with van der Waals surface area (Å²) in [4.78, 5) is 12.3. The lowest BCUT2D eigenvalue weighted by Gasteiger charge is -2.31. The molecule has 1 unspecified atom stereocenters. The molecule has 3 aliphatic rings. The number of carbonyl (C=O) groups excluding carboxylic acids is 1. The smallest absolute Gasteiger partial charge is 0.237 e. The minimum absolute atomic E-state index is 0. The zero-order chi connectivity index (χ0) is 21.0. The number of hydrogen-bond donors (Lipinski definition) is 2. The summed E-state index contributed by atoms with van der Waals surface area (Å²) in [5, 5.41) is 6.51. The lowest BCUT2D eigenvalue weighted by molar-refractivity contribution is -0.123. The summed E-state index contributed by atoms with van der Waals surface area (Å²) in [5.74, 6) is 2.08. The lowest BCUT2D eigenvalue weighted by atomic mass is 9.92. The maximum absolute atomic E-state index is 12.3. The Kier molecular flexibility index (Phi) is 7.59. The molecule has 2 N–H and O–H groups in total. The molecule has 1 amide bonds. The van der Waals surface area contributed by atoms with E-state index in [2.05, 4.69) is 47.0 Å². The van der Waals surface area contributed by atoms with Crippen molar-refractivity contribution in [1.29, 1.82) is 0 Å². The van der Waals surface area contributed by atoms with E-state index in [1.54, 1.807) is 0 Å². The standard InChI is InChI=1S/C26H32N2O3.ClH/c29-26(23-7-4-16-27-23)28-20-9-11-21(12-10-20)30-22-13-15-25-19(17-22)8-14-24(31-25)18-5-2-1-3-6-18;/h1-3,5-6,13,15,17,20-21,23-24,27H,4,7-12,14,16H2,(H,28,29);1H/t20-,21-,23-,24?;/m0./s1. The molecule has 0 bridgehead atoms. The second-order valence-corrected chi connectivity index (χ2v) is 9.07. The van der Waals surface area contributed by atoms with Crippen LogP contribution in [0.15, 0.2) is 48.5 Å². The number of carbonyl (C=O) groups is 1. The minimum Gasteiger partial charge on any atom is -0.490 e. The van der Waals surface area contributed by atoms with Crippen LogP contribution in [0.5, 0.6) is 11.5 Å². The Labute approximate surface area is 196 Å². The molecule has 32 heavy (non-hydrogen) atoms. The first kappa shape index (κ1) is 22.9. The van der Waals surface area contributed by atoms with Crippen LogP contribution in [0.1, 0.15) is 62.2 Å². The van der Waals surface area contributed by atoms with E-state index >= 15 is 0 Å². The Hall–Kier alpha value is -2.24. The Bertz CT molecular complexity index is 893. The van der Waals surface area contributed by atoms with Gasteiger partial charge in [0.05, 0.1) is 12.1 Å². The highest BCUT2D eigenvalue weighted by Crippen LogP contribution is 2.37. The summed E-state index contributed by atoms with van der Waals surface area (Å²) in [7, 11) is 0. The number of rotatable bonds is 5. The van der Waals surface area contributed by atoms with E-state index in [0.717, 1.165) is 69.4 Å². The van der Waals surface area contributed by atoms with Crippen LogP contribution in [0.4, 0.5) is 0 Å². The Morgan fingerprint density at radius 3 is 2.56 bits per heavy atom. The van der Waals surface area contributed by atoms with Gasteiger partial charge in [0, 0.05) is 6.04 Å². The van der Waals surface area contributed by atoms with Gasteiger partial charge < -0.3 is 20.1 Å². The van der Waals surface area contributed by atoms with E-state index in [-0.39, 0.29) is 42.6 Å². The van der Waals surface area contributed by atoms with Crippen LogP contribution in [0.25, 0.3) is 0 Å². The molecular formula is C26H33ClN2O3. The third-order valence-corrected chi connectivity index (χ3v) is 6.85. The molecular weight excluding hydrogens is 424 g/mol. The second kappa shape index (κ2) is 10.6. The number of nitrogens with one attached hydrogen (secondary N) is 2. The van der Waals surface area contributed by atoms with Crippen molar-refractivity contribution in [2.75, 3.05) is 6.54 Å². The number of benzene rings is 2. The molecule has 5 nitrogen and oxygen atoms in total. The third-order valence-electron chi connectivity index (χ3n) is 6.85. The zero-order valence-corrected chi connectivity index (χ0v) is 19.2. The second-order valence-electron chi connectivity index (χ2n) is 9.07. The molecule has 0 aromatic heterocycles. The topological polar surface area (TPSA) is 59.6 Å². The van der Waals surface area contributed by atoms with Crippen LogP contribution in [0.2, 0.25) is 0 Å². The molecule has 1 aliphatic carbocycles. The highest BCUT2D eigenvalue weighted by atomic mass is 35.5. The SMILES string of the molecule is Cl.O=C(N[C@H]1CC[C@H](Oc2ccc3c(c2)CCC(c2ccccc2)O3)CC1)[C@@H]1CCCN1. The molecule has 2 aliphatic heterocycles. The Balaban J connectivity index is 0.00000245. The monoisotopic (exact) mass is 456 g/mol. The molecule has 172 valence electrons. The summed E-state index contributed by atoms with van der Waals surface area (Å²) in [6.45, 7) is 0.956. The van der Waals surface area contributed by atoms with Crippen molar-refractivity contribution in [3.05, 3.63) is 59.7 Å². The first-order valence-corrected chi connectivity index (χ1v) is 11.8. The van der Waals surface area contributed by atoms with Gasteiger partial charge in [0.2, 0.25) is 5.91 Å². The molecule has 0 spiro atoms. The van der Waals surface area contributed by atoms with Crippen molar-refractivity contribution in [3.63, 3.8) is 0 Å². The minimum atomic E-state index is 0. The molecule has 6 heteroatoms. The first-order valence-electron chi connectivity index (χ1n) is 11.8. The zero-order valence-electron chi connectivity index (χ0n) is 18.4. The van der Waals surface area contributed by atoms with Crippen molar-refractivity contribution in [2.45, 2.75) is 75.7 Å². The average Bonchev–Trinajstić information content (AvgIpc) is 3.36. The predicted molar refractivity (Wildman–Crippen MR) is 128 cm³/mol. The third kappa shape index (κ3) is 5.38. The van der Waals surface area contributed by atoms with Crippen LogP contribution in [0.3, 0.4) is 0 Å². The van der Waals surface area contributed by atoms with Crippen LogP contribution in [-0.2, 0) is 11.2 Å². The number of halogens is 1. The average molecular weight is 457 g/mol. The fraction of sp³-hybridized carbons (Fsp3) is 0.500. The Morgan fingerprint density at radius 1 is 1.00 bits per heavy atom. The van der Waals surface area contributed by atoms with Crippen molar-refractivity contribution >= 4 is 18.3 Å². The molecule has 1 saturated heterocycles. The van der Waals surface area contributed by atoms with Gasteiger partial charge in [0.25, 0.3) is 0 Å². The molecule has 2 fully saturated rings. The summed E-state index contributed by atoms with van der Waals surface area (Å²) in [5.41, 5.74) is 2.47. The fourth-order valence-corrected chi connectivity index (χ4v) is 5.07. The quantitative estimate of drug-likeness (QED) is 0.682. The normalized spacial score (nSPS) is 26.9. The van der Waals surface area contributed by atoms with E-state index in [9.17, 15) is 4.79 Å². The van der Waals surface area contributed by atoms with Gasteiger partial charge in [-0.05, 0) is 87.2 Å². The molecule has 2 aromatic carbocycles. The van der Waals surface area contributed by atoms with Gasteiger partial charge in [-0.2, -0.15) is 0 Å². The number of amides is 1. The summed E-state index contributed by atoms with van der Waals surface area (Å²) in [6, 6.07) is 17.0. The van der Waals surface area contributed by atoms with Crippen LogP contribution in [0, 0.1) is 0 Å². The van der Waals surface area contributed by atoms with Gasteiger partial charge >= 0.3 is 0 Å². The van der Waals surface area contributed by atoms with E-state index in [4.69, 9.17) is 9.47 Å². The maximum atomic E-state index is 12.3. The largest absolute Gasteiger partial charge is 0.490 e. The molecule has 1 saturated carbocycles.